The predicted octanol–water partition coefficient (Wildman–Crippen LogP) is 3.62. The Labute approximate surface area is 172 Å². The summed E-state index contributed by atoms with van der Waals surface area (Å²) in [5, 5.41) is 2.10. The summed E-state index contributed by atoms with van der Waals surface area (Å²) in [5.74, 6) is 0. The van der Waals surface area contributed by atoms with Crippen molar-refractivity contribution >= 4 is 44.6 Å². The zero-order valence-corrected chi connectivity index (χ0v) is 21.0. The Morgan fingerprint density at radius 3 is 1.11 bits per heavy atom. The van der Waals surface area contributed by atoms with Gasteiger partial charge in [-0.15, -0.1) is 13.2 Å². The summed E-state index contributed by atoms with van der Waals surface area (Å²) in [6.07, 6.45) is 0. The monoisotopic (exact) mass is 444 g/mol. The fourth-order valence-electron chi connectivity index (χ4n) is 3.51. The third-order valence-electron chi connectivity index (χ3n) is 4.93. The Balaban J connectivity index is 2.12. The van der Waals surface area contributed by atoms with Crippen molar-refractivity contribution in [3.05, 3.63) is 85.2 Å². The first-order valence-corrected chi connectivity index (χ1v) is 18.8. The largest absolute Gasteiger partial charge is 0.409 e. The summed E-state index contributed by atoms with van der Waals surface area (Å²) in [7, 11) is -11.2. The van der Waals surface area contributed by atoms with Gasteiger partial charge in [-0.3, -0.25) is 0 Å². The molecule has 0 radical (unpaired) electrons. The minimum atomic E-state index is -2.82. The molecule has 1 fully saturated rings. The van der Waals surface area contributed by atoms with Crippen LogP contribution in [0.2, 0.25) is 26.2 Å². The van der Waals surface area contributed by atoms with E-state index in [2.05, 4.69) is 50.5 Å². The molecule has 0 saturated carbocycles. The van der Waals surface area contributed by atoms with Gasteiger partial charge in [0.2, 0.25) is 0 Å². The smallest absolute Gasteiger partial charge is 0.352 e. The SMILES string of the molecule is C=C[Si]1(C)O[Si](C)(c2ccccc2)O[Si](C)(C=C)O[Si](C)(c2ccccc2)O1. The van der Waals surface area contributed by atoms with Crippen LogP contribution in [0.1, 0.15) is 0 Å². The molecule has 1 heterocycles. The fourth-order valence-corrected chi connectivity index (χ4v) is 22.9. The van der Waals surface area contributed by atoms with Crippen molar-refractivity contribution in [1.29, 1.82) is 0 Å². The molecule has 0 aliphatic carbocycles. The molecular weight excluding hydrogens is 417 g/mol. The zero-order valence-electron chi connectivity index (χ0n) is 17.0. The highest BCUT2D eigenvalue weighted by molar-refractivity contribution is 7.02. The molecule has 1 aliphatic heterocycles. The van der Waals surface area contributed by atoms with Crippen molar-refractivity contribution in [3.8, 4) is 0 Å². The molecule has 0 aromatic heterocycles. The first-order chi connectivity index (χ1) is 13.2. The molecule has 0 amide bonds. The van der Waals surface area contributed by atoms with Crippen molar-refractivity contribution in [1.82, 2.24) is 0 Å². The van der Waals surface area contributed by atoms with Gasteiger partial charge in [0.05, 0.1) is 0 Å². The number of hydrogen-bond acceptors (Lipinski definition) is 4. The van der Waals surface area contributed by atoms with Crippen LogP contribution in [0.25, 0.3) is 0 Å². The summed E-state index contributed by atoms with van der Waals surface area (Å²) in [6, 6.07) is 20.2. The molecule has 0 atom stereocenters. The van der Waals surface area contributed by atoms with E-state index in [1.807, 2.05) is 60.9 Å². The lowest BCUT2D eigenvalue weighted by molar-refractivity contribution is 0.252. The van der Waals surface area contributed by atoms with E-state index in [4.69, 9.17) is 16.5 Å². The van der Waals surface area contributed by atoms with E-state index in [9.17, 15) is 0 Å². The highest BCUT2D eigenvalue weighted by atomic mass is 28.5. The quantitative estimate of drug-likeness (QED) is 0.675. The van der Waals surface area contributed by atoms with Crippen molar-refractivity contribution in [3.63, 3.8) is 0 Å². The van der Waals surface area contributed by atoms with Crippen molar-refractivity contribution in [2.75, 3.05) is 0 Å². The lowest BCUT2D eigenvalue weighted by Crippen LogP contribution is -2.72. The highest BCUT2D eigenvalue weighted by Crippen LogP contribution is 2.31. The zero-order chi connectivity index (χ0) is 20.5. The van der Waals surface area contributed by atoms with Crippen LogP contribution in [-0.2, 0) is 16.5 Å². The number of benzene rings is 2. The molecule has 0 spiro atoms. The molecule has 4 nitrogen and oxygen atoms in total. The van der Waals surface area contributed by atoms with Gasteiger partial charge in [-0.2, -0.15) is 0 Å². The van der Waals surface area contributed by atoms with Gasteiger partial charge >= 0.3 is 34.2 Å². The van der Waals surface area contributed by atoms with E-state index in [0.29, 0.717) is 0 Å². The highest BCUT2D eigenvalue weighted by Gasteiger charge is 2.56. The Bertz CT molecular complexity index is 760. The third-order valence-corrected chi connectivity index (χ3v) is 21.9. The van der Waals surface area contributed by atoms with E-state index >= 15 is 0 Å². The average molecular weight is 445 g/mol. The molecule has 28 heavy (non-hydrogen) atoms. The van der Waals surface area contributed by atoms with Gasteiger partial charge in [0.15, 0.2) is 0 Å². The van der Waals surface area contributed by atoms with Crippen LogP contribution in [0.3, 0.4) is 0 Å². The second-order valence-electron chi connectivity index (χ2n) is 7.47. The normalized spacial score (nSPS) is 36.1. The van der Waals surface area contributed by atoms with E-state index in [1.165, 1.54) is 0 Å². The maximum atomic E-state index is 6.77. The molecule has 0 unspecified atom stereocenters. The van der Waals surface area contributed by atoms with Gasteiger partial charge in [0.1, 0.15) is 0 Å². The molecule has 148 valence electrons. The maximum absolute atomic E-state index is 6.77. The summed E-state index contributed by atoms with van der Waals surface area (Å²) < 4.78 is 27.1. The number of hydrogen-bond donors (Lipinski definition) is 0. The Hall–Kier alpha value is -1.37. The number of rotatable bonds is 4. The van der Waals surface area contributed by atoms with Gasteiger partial charge in [0.25, 0.3) is 0 Å². The van der Waals surface area contributed by atoms with E-state index in [0.717, 1.165) is 10.4 Å². The molecule has 2 aromatic rings. The van der Waals surface area contributed by atoms with Gasteiger partial charge in [0, 0.05) is 0 Å². The van der Waals surface area contributed by atoms with E-state index in [-0.39, 0.29) is 0 Å². The fraction of sp³-hybridized carbons (Fsp3) is 0.200. The Morgan fingerprint density at radius 2 is 0.857 bits per heavy atom. The van der Waals surface area contributed by atoms with Crippen LogP contribution in [-0.4, -0.2) is 34.2 Å². The summed E-state index contributed by atoms with van der Waals surface area (Å²) >= 11 is 0. The molecule has 2 aromatic carbocycles. The Kier molecular flexibility index (Phi) is 5.95. The van der Waals surface area contributed by atoms with Crippen LogP contribution < -0.4 is 10.4 Å². The van der Waals surface area contributed by atoms with Crippen LogP contribution >= 0.6 is 0 Å². The summed E-state index contributed by atoms with van der Waals surface area (Å²) in [6.45, 7) is 16.2. The molecular formula is C20H28O4Si4. The van der Waals surface area contributed by atoms with Gasteiger partial charge in [-0.1, -0.05) is 72.1 Å². The van der Waals surface area contributed by atoms with Crippen molar-refractivity contribution in [2.24, 2.45) is 0 Å². The van der Waals surface area contributed by atoms with Gasteiger partial charge in [-0.05, 0) is 36.6 Å². The maximum Gasteiger partial charge on any atom is 0.352 e. The molecule has 0 N–H and O–H groups in total. The minimum absolute atomic E-state index is 1.05. The first-order valence-electron chi connectivity index (χ1n) is 9.35. The second-order valence-corrected chi connectivity index (χ2v) is 20.6. The van der Waals surface area contributed by atoms with Crippen LogP contribution in [0.4, 0.5) is 0 Å². The molecule has 1 aliphatic rings. The van der Waals surface area contributed by atoms with E-state index in [1.54, 1.807) is 0 Å². The minimum Gasteiger partial charge on any atom is -0.409 e. The molecule has 0 bridgehead atoms. The summed E-state index contributed by atoms with van der Waals surface area (Å²) in [4.78, 5) is 0. The molecule has 8 heteroatoms. The van der Waals surface area contributed by atoms with Crippen molar-refractivity contribution < 1.29 is 16.5 Å². The Morgan fingerprint density at radius 1 is 0.571 bits per heavy atom. The van der Waals surface area contributed by atoms with E-state index < -0.39 is 34.2 Å². The van der Waals surface area contributed by atoms with Crippen LogP contribution in [0, 0.1) is 0 Å². The molecule has 3 rings (SSSR count). The van der Waals surface area contributed by atoms with Gasteiger partial charge in [-0.25, -0.2) is 0 Å². The second kappa shape index (κ2) is 7.80. The predicted molar refractivity (Wildman–Crippen MR) is 123 cm³/mol. The van der Waals surface area contributed by atoms with Crippen LogP contribution in [0.5, 0.6) is 0 Å². The van der Waals surface area contributed by atoms with Crippen molar-refractivity contribution in [2.45, 2.75) is 26.2 Å². The summed E-state index contributed by atoms with van der Waals surface area (Å²) in [5.41, 5.74) is 3.67. The first kappa shape index (κ1) is 21.3. The lowest BCUT2D eigenvalue weighted by Gasteiger charge is -2.48. The third kappa shape index (κ3) is 4.29. The van der Waals surface area contributed by atoms with Gasteiger partial charge < -0.3 is 16.5 Å². The topological polar surface area (TPSA) is 36.9 Å². The van der Waals surface area contributed by atoms with Crippen LogP contribution in [0.15, 0.2) is 85.2 Å². The lowest BCUT2D eigenvalue weighted by atomic mass is 10.4. The molecule has 1 saturated heterocycles. The average Bonchev–Trinajstić information content (AvgIpc) is 2.68. The standard InChI is InChI=1S/C20H28O4Si4/c1-7-25(3)21-27(5,19-15-11-9-12-16-19)23-26(4,8-2)24-28(6,22-25)20-17-13-10-14-18-20/h7-18H,1-2H2,3-6H3.